The average Bonchev–Trinajstić information content (AvgIpc) is 4.09. The number of H-pyrrole nitrogens is 2. The Bertz CT molecular complexity index is 2130. The number of nitrogens with one attached hydrogen (secondary N) is 4. The number of amides is 1. The first-order chi connectivity index (χ1) is 31.4. The van der Waals surface area contributed by atoms with Gasteiger partial charge in [-0.2, -0.15) is 0 Å². The van der Waals surface area contributed by atoms with Gasteiger partial charge in [-0.15, -0.1) is 7.80 Å². The topological polar surface area (TPSA) is 375 Å². The van der Waals surface area contributed by atoms with Crippen LogP contribution in [0.3, 0.4) is 0 Å². The van der Waals surface area contributed by atoms with Crippen LogP contribution in [-0.2, 0) is 72.3 Å². The molecule has 0 saturated carbocycles. The summed E-state index contributed by atoms with van der Waals surface area (Å²) < 4.78 is 3.21. The molecule has 4 aromatic heterocycles. The highest BCUT2D eigenvalue weighted by molar-refractivity contribution is 7.95. The Hall–Kier alpha value is -4.45. The van der Waals surface area contributed by atoms with Crippen LogP contribution in [-0.4, -0.2) is 189 Å². The Morgan fingerprint density at radius 2 is 1.22 bits per heavy atom. The van der Waals surface area contributed by atoms with Gasteiger partial charge < -0.3 is 56.9 Å². The highest BCUT2D eigenvalue weighted by Crippen LogP contribution is 2.26. The predicted molar refractivity (Wildman–Crippen MR) is 262 cm³/mol. The van der Waals surface area contributed by atoms with E-state index in [4.69, 9.17) is 62.8 Å². The second-order valence-electron chi connectivity index (χ2n) is 14.7. The van der Waals surface area contributed by atoms with Crippen molar-refractivity contribution in [2.45, 2.75) is 69.4 Å². The summed E-state index contributed by atoms with van der Waals surface area (Å²) in [6.07, 6.45) is 14.1. The highest BCUT2D eigenvalue weighted by Gasteiger charge is 2.20. The van der Waals surface area contributed by atoms with E-state index in [-0.39, 0.29) is 61.4 Å². The van der Waals surface area contributed by atoms with E-state index in [1.807, 2.05) is 6.66 Å². The number of carbonyl (C=O) groups is 7. The summed E-state index contributed by atoms with van der Waals surface area (Å²) in [5.41, 5.74) is 19.2. The minimum atomic E-state index is -1.18. The Kier molecular flexibility index (Phi) is 29.2. The van der Waals surface area contributed by atoms with E-state index in [2.05, 4.69) is 40.5 Å². The molecule has 6 unspecified atom stereocenters. The zero-order chi connectivity index (χ0) is 50.8. The van der Waals surface area contributed by atoms with E-state index >= 15 is 0 Å². The zero-order valence-electron chi connectivity index (χ0n) is 37.5. The standard InChI is InChI=1S/C11H18BN4O3P.2C9H13BN3O3P.C7H11BN3OP/c1-20(12)7-15-10(17)5-16-4-9(14-6-16)2-8(13)3-11(18)19;1-17(10)8(14)4-13-3-6(12-5-13)2-7(11)9(15)16;1-17(10)8(14)4-12-7(9(15)16)2-6-3-11-5-13-6;1-13(8)7(12)6(9)2-5-3-10-4-11-5/h4,6,8H,2-3,5,7,13H2,1H3,(H,15,17)(H,18,19);3,5,7H,2,4,11H2,1H3,(H,15,16);3,5,7,12H,2,4H2,1H3,(H,11,13)(H,15,16);3-4,6H,2,9H2,1H3,(H,10,11)/t;2*7-,17?;/m.00./s1. The van der Waals surface area contributed by atoms with Crippen molar-refractivity contribution in [2.24, 2.45) is 17.2 Å². The molecule has 23 nitrogen and oxygen atoms in total. The Morgan fingerprint density at radius 1 is 0.701 bits per heavy atom. The molecular formula is C36H55B4N13O10P4. The number of nitrogens with two attached hydrogens (primary N) is 3. The second-order valence-corrected chi connectivity index (χ2v) is 21.6. The van der Waals surface area contributed by atoms with Crippen LogP contribution < -0.4 is 27.8 Å². The Labute approximate surface area is 398 Å². The molecule has 0 spiro atoms. The summed E-state index contributed by atoms with van der Waals surface area (Å²) >= 11 is 0. The molecule has 8 atom stereocenters. The molecular weight excluding hydrogens is 942 g/mol. The molecule has 0 fully saturated rings. The van der Waals surface area contributed by atoms with Crippen molar-refractivity contribution in [1.29, 1.82) is 0 Å². The van der Waals surface area contributed by atoms with E-state index in [1.165, 1.54) is 19.0 Å². The van der Waals surface area contributed by atoms with Gasteiger partial charge in [0.2, 0.25) is 5.91 Å². The normalized spacial score (nSPS) is 14.3. The van der Waals surface area contributed by atoms with Crippen LogP contribution in [0.1, 0.15) is 29.2 Å². The fourth-order valence-corrected chi connectivity index (χ4v) is 6.72. The molecule has 0 bridgehead atoms. The van der Waals surface area contributed by atoms with Gasteiger partial charge in [0.1, 0.15) is 48.9 Å². The minimum absolute atomic E-state index is 0.0240. The molecule has 31 heteroatoms. The molecule has 0 saturated heterocycles. The number of hydrogen-bond donors (Lipinski definition) is 10. The number of nitrogens with zero attached hydrogens (tertiary/aromatic N) is 6. The van der Waals surface area contributed by atoms with Crippen molar-refractivity contribution >= 4 is 102 Å². The summed E-state index contributed by atoms with van der Waals surface area (Å²) in [6.45, 7) is 7.17. The molecule has 1 amide bonds. The number of carboxylic acid groups (broad SMARTS) is 3. The van der Waals surface area contributed by atoms with Gasteiger partial charge in [-0.25, -0.2) is 19.9 Å². The predicted octanol–water partition coefficient (Wildman–Crippen LogP) is -1.23. The number of hydrogen-bond acceptors (Lipinski definition) is 15. The summed E-state index contributed by atoms with van der Waals surface area (Å²) in [5.74, 6) is -3.16. The molecule has 0 aliphatic rings. The third-order valence-electron chi connectivity index (χ3n) is 8.42. The van der Waals surface area contributed by atoms with Gasteiger partial charge >= 0.3 is 17.9 Å². The van der Waals surface area contributed by atoms with Crippen LogP contribution in [0.15, 0.2) is 50.1 Å². The lowest BCUT2D eigenvalue weighted by molar-refractivity contribution is -0.140. The lowest BCUT2D eigenvalue weighted by Gasteiger charge is -2.14. The summed E-state index contributed by atoms with van der Waals surface area (Å²) in [7, 11) is 18.0. The maximum atomic E-state index is 11.6. The SMILES string of the molecule is [B]P(C)C(=O)C(N)Cc1cnc[nH]1.[B]P(C)C(=O)CN[C@@H](Cc1cnc[nH]1)C(=O)O.[B]P(C)C(=O)Cn1cnc(C[C@H](N)C(=O)O)c1.[B]P(C)CNC(=O)Cn1cnc(CC(N)CC(=O)O)c1. The third-order valence-corrected chi connectivity index (χ3v) is 12.0. The fourth-order valence-electron chi connectivity index (χ4n) is 4.96. The smallest absolute Gasteiger partial charge is 0.321 e. The maximum absolute atomic E-state index is 11.6. The average molecular weight is 997 g/mol. The van der Waals surface area contributed by atoms with Gasteiger partial charge in [-0.1, -0.05) is 30.1 Å². The van der Waals surface area contributed by atoms with Crippen LogP contribution >= 0.6 is 31.2 Å². The van der Waals surface area contributed by atoms with Gasteiger partial charge in [-0.05, 0) is 20.0 Å². The number of aromatic nitrogens is 8. The monoisotopic (exact) mass is 997 g/mol. The summed E-state index contributed by atoms with van der Waals surface area (Å²) in [5, 5.41) is 31.7. The molecule has 0 aliphatic carbocycles. The van der Waals surface area contributed by atoms with Crippen molar-refractivity contribution in [2.75, 3.05) is 39.5 Å². The van der Waals surface area contributed by atoms with Crippen molar-refractivity contribution in [3.8, 4) is 0 Å². The number of carboxylic acids is 3. The molecule has 67 heavy (non-hydrogen) atoms. The van der Waals surface area contributed by atoms with Crippen LogP contribution in [0.5, 0.6) is 0 Å². The van der Waals surface area contributed by atoms with E-state index in [0.717, 1.165) is 5.69 Å². The number of rotatable bonds is 25. The molecule has 0 aromatic carbocycles. The summed E-state index contributed by atoms with van der Waals surface area (Å²) in [4.78, 5) is 99.0. The van der Waals surface area contributed by atoms with Gasteiger partial charge in [0.05, 0.1) is 62.2 Å². The molecule has 13 N–H and O–H groups in total. The molecule has 356 valence electrons. The first kappa shape index (κ1) is 60.6. The lowest BCUT2D eigenvalue weighted by Crippen LogP contribution is -2.41. The lowest BCUT2D eigenvalue weighted by atomic mass is 10.1. The fraction of sp³-hybridized carbons (Fsp3) is 0.472. The van der Waals surface area contributed by atoms with E-state index in [0.29, 0.717) is 36.2 Å². The second kappa shape index (κ2) is 32.3. The van der Waals surface area contributed by atoms with Crippen LogP contribution in [0.25, 0.3) is 0 Å². The van der Waals surface area contributed by atoms with E-state index in [9.17, 15) is 33.6 Å². The number of aromatic amines is 2. The largest absolute Gasteiger partial charge is 0.481 e. The van der Waals surface area contributed by atoms with E-state index < -0.39 is 73.3 Å². The van der Waals surface area contributed by atoms with Gasteiger partial charge in [-0.3, -0.25) is 38.9 Å². The number of imidazole rings is 4. The Morgan fingerprint density at radius 3 is 1.67 bits per heavy atom. The van der Waals surface area contributed by atoms with Crippen LogP contribution in [0.4, 0.5) is 0 Å². The first-order valence-corrected chi connectivity index (χ1v) is 27.4. The zero-order valence-corrected chi connectivity index (χ0v) is 41.1. The highest BCUT2D eigenvalue weighted by atomic mass is 31.1. The number of carbonyl (C=O) groups excluding carboxylic acids is 4. The maximum Gasteiger partial charge on any atom is 0.321 e. The minimum Gasteiger partial charge on any atom is -0.481 e. The molecule has 4 rings (SSSR count). The van der Waals surface area contributed by atoms with Crippen molar-refractivity contribution in [3.63, 3.8) is 0 Å². The number of aliphatic carboxylic acids is 3. The van der Waals surface area contributed by atoms with Gasteiger partial charge in [0.25, 0.3) is 0 Å². The van der Waals surface area contributed by atoms with Crippen molar-refractivity contribution < 1.29 is 48.9 Å². The Balaban J connectivity index is 0.000000451. The van der Waals surface area contributed by atoms with Gasteiger partial charge in [0.15, 0.2) is 16.6 Å². The van der Waals surface area contributed by atoms with E-state index in [1.54, 1.807) is 60.2 Å². The molecule has 4 aromatic rings. The molecule has 0 aliphatic heterocycles. The van der Waals surface area contributed by atoms with Crippen molar-refractivity contribution in [3.05, 3.63) is 72.9 Å². The van der Waals surface area contributed by atoms with Crippen molar-refractivity contribution in [1.82, 2.24) is 49.7 Å². The van der Waals surface area contributed by atoms with Crippen LogP contribution in [0, 0.1) is 0 Å². The third kappa shape index (κ3) is 27.2. The molecule has 8 radical (unpaired) electrons. The summed E-state index contributed by atoms with van der Waals surface area (Å²) in [6, 6.07) is -2.80. The molecule has 4 heterocycles. The van der Waals surface area contributed by atoms with Gasteiger partial charge in [0, 0.05) is 74.2 Å². The van der Waals surface area contributed by atoms with Crippen LogP contribution in [0.2, 0.25) is 0 Å². The quantitative estimate of drug-likeness (QED) is 0.0275. The first-order valence-electron chi connectivity index (χ1n) is 19.8.